The summed E-state index contributed by atoms with van der Waals surface area (Å²) in [6, 6.07) is 23.3. The average molecular weight is 444 g/mol. The van der Waals surface area contributed by atoms with E-state index in [-0.39, 0.29) is 12.1 Å². The summed E-state index contributed by atoms with van der Waals surface area (Å²) in [6.45, 7) is 2.68. The first-order chi connectivity index (χ1) is 16.0. The Balaban J connectivity index is 1.64. The van der Waals surface area contributed by atoms with Gasteiger partial charge in [0.15, 0.2) is 6.19 Å². The molecule has 6 heteroatoms. The van der Waals surface area contributed by atoms with Crippen molar-refractivity contribution in [2.45, 2.75) is 31.8 Å². The van der Waals surface area contributed by atoms with E-state index in [4.69, 9.17) is 9.73 Å². The van der Waals surface area contributed by atoms with Crippen molar-refractivity contribution in [1.82, 2.24) is 15.5 Å². The Hall–Kier alpha value is -3.56. The van der Waals surface area contributed by atoms with Crippen molar-refractivity contribution in [3.8, 4) is 11.9 Å². The van der Waals surface area contributed by atoms with E-state index in [0.717, 1.165) is 24.0 Å². The second-order valence-corrected chi connectivity index (χ2v) is 8.53. The van der Waals surface area contributed by atoms with Crippen LogP contribution < -0.4 is 15.4 Å². The molecule has 0 radical (unpaired) electrons. The van der Waals surface area contributed by atoms with E-state index in [1.54, 1.807) is 7.11 Å². The summed E-state index contributed by atoms with van der Waals surface area (Å²) >= 11 is 0. The Morgan fingerprint density at radius 2 is 1.73 bits per heavy atom. The first kappa shape index (κ1) is 24.1. The highest BCUT2D eigenvalue weighted by Gasteiger charge is 2.13. The number of nitriles is 1. The molecule has 6 nitrogen and oxygen atoms in total. The number of benzene rings is 3. The maximum atomic E-state index is 9.21. The van der Waals surface area contributed by atoms with Gasteiger partial charge in [-0.1, -0.05) is 54.6 Å². The Morgan fingerprint density at radius 1 is 1.00 bits per heavy atom. The van der Waals surface area contributed by atoms with E-state index in [0.29, 0.717) is 12.5 Å². The lowest BCUT2D eigenvalue weighted by atomic mass is 10.0. The van der Waals surface area contributed by atoms with Crippen LogP contribution in [0.4, 0.5) is 0 Å². The Kier molecular flexibility index (Phi) is 8.68. The van der Waals surface area contributed by atoms with Gasteiger partial charge in [0.25, 0.3) is 0 Å². The topological polar surface area (TPSA) is 72.7 Å². The summed E-state index contributed by atoms with van der Waals surface area (Å²) in [5.74, 6) is 1.37. The van der Waals surface area contributed by atoms with Gasteiger partial charge in [-0.15, -0.1) is 0 Å². The number of guanidine groups is 1. The minimum atomic E-state index is 0.104. The minimum Gasteiger partial charge on any atom is -0.497 e. The van der Waals surface area contributed by atoms with Crippen LogP contribution in [0, 0.1) is 11.5 Å². The number of fused-ring (bicyclic) bond motifs is 1. The van der Waals surface area contributed by atoms with Crippen LogP contribution in [-0.4, -0.2) is 50.7 Å². The van der Waals surface area contributed by atoms with Crippen LogP contribution in [0.2, 0.25) is 0 Å². The first-order valence-corrected chi connectivity index (χ1v) is 11.2. The van der Waals surface area contributed by atoms with Gasteiger partial charge in [0, 0.05) is 12.1 Å². The molecule has 33 heavy (non-hydrogen) atoms. The van der Waals surface area contributed by atoms with Gasteiger partial charge >= 0.3 is 0 Å². The lowest BCUT2D eigenvalue weighted by molar-refractivity contribution is 0.298. The van der Waals surface area contributed by atoms with Crippen molar-refractivity contribution in [1.29, 1.82) is 5.26 Å². The maximum Gasteiger partial charge on any atom is 0.204 e. The fourth-order valence-electron chi connectivity index (χ4n) is 3.83. The highest BCUT2D eigenvalue weighted by atomic mass is 16.5. The minimum absolute atomic E-state index is 0.104. The monoisotopic (exact) mass is 443 g/mol. The second-order valence-electron chi connectivity index (χ2n) is 8.53. The van der Waals surface area contributed by atoms with Crippen LogP contribution in [0.5, 0.6) is 5.75 Å². The zero-order valence-electron chi connectivity index (χ0n) is 19.9. The van der Waals surface area contributed by atoms with Crippen LogP contribution in [-0.2, 0) is 12.8 Å². The molecule has 0 aliphatic heterocycles. The molecule has 0 bridgehead atoms. The molecule has 3 aromatic rings. The molecule has 3 rings (SSSR count). The van der Waals surface area contributed by atoms with Crippen LogP contribution in [0.15, 0.2) is 71.7 Å². The summed E-state index contributed by atoms with van der Waals surface area (Å²) in [7, 11) is 5.80. The highest BCUT2D eigenvalue weighted by molar-refractivity contribution is 5.84. The van der Waals surface area contributed by atoms with Gasteiger partial charge in [-0.25, -0.2) is 0 Å². The average Bonchev–Trinajstić information content (AvgIpc) is 2.81. The molecule has 0 aliphatic carbocycles. The van der Waals surface area contributed by atoms with E-state index in [1.807, 2.05) is 24.4 Å². The summed E-state index contributed by atoms with van der Waals surface area (Å²) in [6.07, 6.45) is 3.72. The molecule has 2 N–H and O–H groups in total. The fourth-order valence-corrected chi connectivity index (χ4v) is 3.83. The number of nitrogens with one attached hydrogen (secondary N) is 2. The van der Waals surface area contributed by atoms with E-state index in [9.17, 15) is 5.26 Å². The Labute approximate surface area is 196 Å². The van der Waals surface area contributed by atoms with Gasteiger partial charge in [0.1, 0.15) is 5.75 Å². The molecule has 0 aliphatic rings. The number of hydrogen-bond donors (Lipinski definition) is 2. The summed E-state index contributed by atoms with van der Waals surface area (Å²) in [5.41, 5.74) is 2.50. The lowest BCUT2D eigenvalue weighted by Gasteiger charge is -2.23. The van der Waals surface area contributed by atoms with Gasteiger partial charge < -0.3 is 15.0 Å². The van der Waals surface area contributed by atoms with Crippen molar-refractivity contribution < 1.29 is 4.74 Å². The Morgan fingerprint density at radius 3 is 2.42 bits per heavy atom. The fraction of sp³-hybridized carbons (Fsp3) is 0.333. The predicted molar refractivity (Wildman–Crippen MR) is 135 cm³/mol. The molecule has 0 fully saturated rings. The normalized spacial score (nSPS) is 13.4. The zero-order chi connectivity index (χ0) is 23.6. The molecule has 0 aromatic heterocycles. The van der Waals surface area contributed by atoms with E-state index in [1.165, 1.54) is 16.5 Å². The molecule has 172 valence electrons. The third-order valence-corrected chi connectivity index (χ3v) is 5.72. The number of hydrogen-bond acceptors (Lipinski definition) is 4. The molecule has 2 unspecified atom stereocenters. The molecule has 0 saturated heterocycles. The van der Waals surface area contributed by atoms with Gasteiger partial charge in [-0.2, -0.15) is 5.26 Å². The maximum absolute atomic E-state index is 9.21. The highest BCUT2D eigenvalue weighted by Crippen LogP contribution is 2.22. The Bertz CT molecular complexity index is 1100. The van der Waals surface area contributed by atoms with Gasteiger partial charge in [-0.05, 0) is 67.9 Å². The second kappa shape index (κ2) is 11.9. The van der Waals surface area contributed by atoms with Crippen LogP contribution >= 0.6 is 0 Å². The van der Waals surface area contributed by atoms with E-state index >= 15 is 0 Å². The van der Waals surface area contributed by atoms with Crippen molar-refractivity contribution in [2.75, 3.05) is 27.7 Å². The smallest absolute Gasteiger partial charge is 0.204 e. The van der Waals surface area contributed by atoms with Crippen molar-refractivity contribution in [2.24, 2.45) is 4.99 Å². The zero-order valence-corrected chi connectivity index (χ0v) is 19.9. The van der Waals surface area contributed by atoms with Crippen LogP contribution in [0.1, 0.15) is 18.1 Å². The molecule has 0 saturated carbocycles. The van der Waals surface area contributed by atoms with Gasteiger partial charge in [0.2, 0.25) is 5.96 Å². The third kappa shape index (κ3) is 7.23. The van der Waals surface area contributed by atoms with E-state index in [2.05, 4.69) is 85.1 Å². The lowest BCUT2D eigenvalue weighted by Crippen LogP contribution is -2.42. The number of aliphatic imine (C=N–C) groups is 1. The predicted octanol–water partition coefficient (Wildman–Crippen LogP) is 3.97. The number of rotatable bonds is 9. The third-order valence-electron chi connectivity index (χ3n) is 5.72. The summed E-state index contributed by atoms with van der Waals surface area (Å²) in [4.78, 5) is 6.87. The number of ether oxygens (including phenoxy) is 1. The molecule has 0 heterocycles. The SMILES string of the molecule is COc1ccc2cc(CC(C)NC(=NCC(Cc3ccccc3)N(C)C)NC#N)ccc2c1. The largest absolute Gasteiger partial charge is 0.497 e. The number of nitrogens with zero attached hydrogens (tertiary/aromatic N) is 3. The molecular weight excluding hydrogens is 410 g/mol. The molecular formula is C27H33N5O. The number of methoxy groups -OCH3 is 1. The van der Waals surface area contributed by atoms with Gasteiger partial charge in [-0.3, -0.25) is 10.3 Å². The van der Waals surface area contributed by atoms with Gasteiger partial charge in [0.05, 0.1) is 13.7 Å². The molecule has 0 amide bonds. The van der Waals surface area contributed by atoms with Crippen molar-refractivity contribution in [3.63, 3.8) is 0 Å². The molecule has 3 aromatic carbocycles. The quantitative estimate of drug-likeness (QED) is 0.227. The van der Waals surface area contributed by atoms with Crippen molar-refractivity contribution in [3.05, 3.63) is 77.9 Å². The standard InChI is InChI=1S/C27H33N5O/c1-20(14-22-10-11-24-17-26(33-4)13-12-23(24)15-22)31-27(30-19-28)29-18-25(32(2)3)16-21-8-6-5-7-9-21/h5-13,15,17,20,25H,14,16,18H2,1-4H3,(H2,29,30,31). The first-order valence-electron chi connectivity index (χ1n) is 11.2. The van der Waals surface area contributed by atoms with E-state index < -0.39 is 0 Å². The molecule has 2 atom stereocenters. The summed E-state index contributed by atoms with van der Waals surface area (Å²) < 4.78 is 5.31. The number of likely N-dealkylation sites (N-methyl/N-ethyl adjacent to an activating group) is 1. The summed E-state index contributed by atoms with van der Waals surface area (Å²) in [5, 5.41) is 17.6. The molecule has 0 spiro atoms. The van der Waals surface area contributed by atoms with Crippen molar-refractivity contribution >= 4 is 16.7 Å². The van der Waals surface area contributed by atoms with Crippen LogP contribution in [0.3, 0.4) is 0 Å². The van der Waals surface area contributed by atoms with Crippen LogP contribution in [0.25, 0.3) is 10.8 Å².